The minimum absolute atomic E-state index is 0.0973. The molecule has 2 fully saturated rings. The second kappa shape index (κ2) is 10.5. The van der Waals surface area contributed by atoms with Crippen LogP contribution < -0.4 is 9.46 Å². The number of halogens is 1. The Morgan fingerprint density at radius 1 is 1.20 bits per heavy atom. The van der Waals surface area contributed by atoms with Crippen LogP contribution in [0.1, 0.15) is 61.0 Å². The van der Waals surface area contributed by atoms with Crippen LogP contribution in [0.15, 0.2) is 35.2 Å². The fourth-order valence-electron chi connectivity index (χ4n) is 5.10. The van der Waals surface area contributed by atoms with E-state index in [1.165, 1.54) is 25.3 Å². The standard InChI is InChI=1S/C28H33FN2O8S/c1-28(2,3)39-27(33)31-10-9-19(13-31)37-15-17-11-18(29)5-7-22(17)30-40(34,35)23-8-6-20-21-12-16(21)14-38-25(20)24(23)26(32)36-4/h5-8,11,16,19,21,30H,9-10,12-15H2,1-4H3/t16-,19+,21-/m0/s1. The first-order chi connectivity index (χ1) is 18.9. The number of likely N-dealkylation sites (tertiary alicyclic amines) is 1. The van der Waals surface area contributed by atoms with Crippen LogP contribution in [0, 0.1) is 11.7 Å². The number of nitrogens with zero attached hydrogens (tertiary/aromatic N) is 1. The highest BCUT2D eigenvalue weighted by Crippen LogP contribution is 2.55. The van der Waals surface area contributed by atoms with Crippen molar-refractivity contribution in [3.8, 4) is 5.75 Å². The van der Waals surface area contributed by atoms with E-state index in [-0.39, 0.29) is 46.1 Å². The molecule has 2 aromatic carbocycles. The molecule has 1 N–H and O–H groups in total. The summed E-state index contributed by atoms with van der Waals surface area (Å²) in [5.41, 5.74) is 0.366. The number of carbonyl (C=O) groups excluding carboxylic acids is 2. The molecule has 3 aliphatic rings. The van der Waals surface area contributed by atoms with Crippen molar-refractivity contribution in [2.24, 2.45) is 5.92 Å². The highest BCUT2D eigenvalue weighted by atomic mass is 32.2. The molecule has 10 nitrogen and oxygen atoms in total. The number of nitrogens with one attached hydrogen (secondary N) is 1. The molecule has 0 spiro atoms. The Morgan fingerprint density at radius 2 is 1.98 bits per heavy atom. The first-order valence-electron chi connectivity index (χ1n) is 13.1. The monoisotopic (exact) mass is 576 g/mol. The Hall–Kier alpha value is -3.38. The molecule has 1 saturated carbocycles. The average Bonchev–Trinajstić information content (AvgIpc) is 3.54. The number of benzene rings is 2. The lowest BCUT2D eigenvalue weighted by Crippen LogP contribution is -2.36. The maximum absolute atomic E-state index is 14.2. The first-order valence-corrected chi connectivity index (χ1v) is 14.6. The van der Waals surface area contributed by atoms with Gasteiger partial charge in [-0.2, -0.15) is 0 Å². The van der Waals surface area contributed by atoms with Crippen LogP contribution in [0.2, 0.25) is 0 Å². The van der Waals surface area contributed by atoms with Crippen LogP contribution in [0.5, 0.6) is 5.75 Å². The number of ether oxygens (including phenoxy) is 4. The van der Waals surface area contributed by atoms with Crippen LogP contribution in [-0.2, 0) is 30.8 Å². The topological polar surface area (TPSA) is 120 Å². The number of esters is 1. The number of fused-ring (bicyclic) bond motifs is 3. The fourth-order valence-corrected chi connectivity index (χ4v) is 6.39. The number of anilines is 1. The van der Waals surface area contributed by atoms with Crippen molar-refractivity contribution < 1.29 is 41.3 Å². The Balaban J connectivity index is 1.34. The molecule has 2 aromatic rings. The predicted molar refractivity (Wildman–Crippen MR) is 142 cm³/mol. The van der Waals surface area contributed by atoms with Gasteiger partial charge in [0.1, 0.15) is 27.6 Å². The van der Waals surface area contributed by atoms with Gasteiger partial charge < -0.3 is 23.8 Å². The third-order valence-corrected chi connectivity index (χ3v) is 8.58. The number of carbonyl (C=O) groups is 2. The summed E-state index contributed by atoms with van der Waals surface area (Å²) in [5.74, 6) is -0.558. The van der Waals surface area contributed by atoms with Gasteiger partial charge in [-0.3, -0.25) is 4.72 Å². The van der Waals surface area contributed by atoms with E-state index in [2.05, 4.69) is 4.72 Å². The summed E-state index contributed by atoms with van der Waals surface area (Å²) in [4.78, 5) is 26.3. The Labute approximate surface area is 232 Å². The SMILES string of the molecule is COC(=O)c1c(S(=O)(=O)Nc2ccc(F)cc2CO[C@@H]2CCN(C(=O)OC(C)(C)C)C2)ccc2c1OC[C@@H]1C[C@H]21. The van der Waals surface area contributed by atoms with Crippen molar-refractivity contribution in [3.05, 3.63) is 52.8 Å². The minimum Gasteiger partial charge on any atom is -0.492 e. The molecule has 1 amide bonds. The molecule has 216 valence electrons. The number of rotatable bonds is 7. The Kier molecular flexibility index (Phi) is 7.43. The van der Waals surface area contributed by atoms with E-state index in [0.717, 1.165) is 18.1 Å². The van der Waals surface area contributed by atoms with Crippen molar-refractivity contribution in [3.63, 3.8) is 0 Å². The van der Waals surface area contributed by atoms with Gasteiger partial charge in [0.05, 0.1) is 38.7 Å². The highest BCUT2D eigenvalue weighted by molar-refractivity contribution is 7.92. The molecular weight excluding hydrogens is 543 g/mol. The van der Waals surface area contributed by atoms with E-state index in [1.807, 2.05) is 0 Å². The van der Waals surface area contributed by atoms with E-state index in [9.17, 15) is 22.4 Å². The molecule has 0 radical (unpaired) electrons. The summed E-state index contributed by atoms with van der Waals surface area (Å²) in [6.45, 7) is 6.40. The largest absolute Gasteiger partial charge is 0.492 e. The van der Waals surface area contributed by atoms with Crippen molar-refractivity contribution >= 4 is 27.8 Å². The summed E-state index contributed by atoms with van der Waals surface area (Å²) in [5, 5.41) is 0. The lowest BCUT2D eigenvalue weighted by atomic mass is 10.0. The third kappa shape index (κ3) is 5.87. The average molecular weight is 577 g/mol. The second-order valence-electron chi connectivity index (χ2n) is 11.3. The number of methoxy groups -OCH3 is 1. The summed E-state index contributed by atoms with van der Waals surface area (Å²) in [7, 11) is -3.15. The molecule has 0 unspecified atom stereocenters. The molecule has 3 atom stereocenters. The number of hydrogen-bond acceptors (Lipinski definition) is 8. The van der Waals surface area contributed by atoms with Gasteiger partial charge in [-0.1, -0.05) is 6.07 Å². The lowest BCUT2D eigenvalue weighted by Gasteiger charge is -2.24. The van der Waals surface area contributed by atoms with E-state index in [0.29, 0.717) is 32.0 Å². The molecule has 0 aromatic heterocycles. The van der Waals surface area contributed by atoms with Crippen LogP contribution in [-0.4, -0.2) is 63.9 Å². The van der Waals surface area contributed by atoms with Gasteiger partial charge in [0.15, 0.2) is 0 Å². The molecule has 12 heteroatoms. The predicted octanol–water partition coefficient (Wildman–Crippen LogP) is 4.44. The van der Waals surface area contributed by atoms with Crippen LogP contribution >= 0.6 is 0 Å². The van der Waals surface area contributed by atoms with Gasteiger partial charge in [-0.25, -0.2) is 22.4 Å². The zero-order valence-electron chi connectivity index (χ0n) is 22.9. The van der Waals surface area contributed by atoms with E-state index in [4.69, 9.17) is 18.9 Å². The highest BCUT2D eigenvalue weighted by Gasteiger charge is 2.46. The van der Waals surface area contributed by atoms with Crippen LogP contribution in [0.25, 0.3) is 0 Å². The maximum Gasteiger partial charge on any atom is 0.410 e. The molecule has 40 heavy (non-hydrogen) atoms. The summed E-state index contributed by atoms with van der Waals surface area (Å²) < 4.78 is 65.9. The fraction of sp³-hybridized carbons (Fsp3) is 0.500. The van der Waals surface area contributed by atoms with Gasteiger partial charge in [-0.15, -0.1) is 0 Å². The van der Waals surface area contributed by atoms with Gasteiger partial charge in [0, 0.05) is 18.0 Å². The van der Waals surface area contributed by atoms with Crippen molar-refractivity contribution in [1.29, 1.82) is 0 Å². The molecule has 2 heterocycles. The number of amides is 1. The van der Waals surface area contributed by atoms with Gasteiger partial charge in [-0.05, 0) is 69.4 Å². The molecule has 1 saturated heterocycles. The van der Waals surface area contributed by atoms with Crippen molar-refractivity contribution in [1.82, 2.24) is 4.90 Å². The second-order valence-corrected chi connectivity index (χ2v) is 13.0. The first kappa shape index (κ1) is 28.2. The van der Waals surface area contributed by atoms with Gasteiger partial charge in [0.25, 0.3) is 10.0 Å². The van der Waals surface area contributed by atoms with E-state index < -0.39 is 33.5 Å². The van der Waals surface area contributed by atoms with Crippen molar-refractivity contribution in [2.75, 3.05) is 31.5 Å². The number of hydrogen-bond donors (Lipinski definition) is 1. The maximum atomic E-state index is 14.2. The lowest BCUT2D eigenvalue weighted by molar-refractivity contribution is 0.0184. The summed E-state index contributed by atoms with van der Waals surface area (Å²) >= 11 is 0. The summed E-state index contributed by atoms with van der Waals surface area (Å²) in [6.07, 6.45) is 0.698. The number of sulfonamides is 1. The minimum atomic E-state index is -4.32. The smallest absolute Gasteiger partial charge is 0.410 e. The van der Waals surface area contributed by atoms with Crippen LogP contribution in [0.4, 0.5) is 14.9 Å². The van der Waals surface area contributed by atoms with Crippen molar-refractivity contribution in [2.45, 2.75) is 62.7 Å². The van der Waals surface area contributed by atoms with E-state index in [1.54, 1.807) is 31.7 Å². The molecular formula is C28H33FN2O8S. The zero-order chi connectivity index (χ0) is 28.8. The van der Waals surface area contributed by atoms with E-state index >= 15 is 0 Å². The molecule has 0 bridgehead atoms. The summed E-state index contributed by atoms with van der Waals surface area (Å²) in [6, 6.07) is 6.66. The van der Waals surface area contributed by atoms with Gasteiger partial charge >= 0.3 is 12.1 Å². The quantitative estimate of drug-likeness (QED) is 0.481. The molecule has 5 rings (SSSR count). The molecule has 2 aliphatic heterocycles. The normalized spacial score (nSPS) is 21.6. The Bertz CT molecular complexity index is 1440. The third-order valence-electron chi connectivity index (χ3n) is 7.18. The Morgan fingerprint density at radius 3 is 2.70 bits per heavy atom. The van der Waals surface area contributed by atoms with Crippen LogP contribution in [0.3, 0.4) is 0 Å². The molecule has 1 aliphatic carbocycles. The zero-order valence-corrected chi connectivity index (χ0v) is 23.7. The van der Waals surface area contributed by atoms with Gasteiger partial charge in [0.2, 0.25) is 0 Å².